The molecular formula is C12H14BrFN4O2S. The Bertz CT molecular complexity index is 796. The molecule has 9 heteroatoms. The van der Waals surface area contributed by atoms with Crippen LogP contribution in [0, 0.1) is 5.82 Å². The molecule has 0 fully saturated rings. The first kappa shape index (κ1) is 16.1. The van der Waals surface area contributed by atoms with Crippen molar-refractivity contribution in [1.82, 2.24) is 14.8 Å². The van der Waals surface area contributed by atoms with Crippen molar-refractivity contribution >= 4 is 26.0 Å². The fourth-order valence-corrected chi connectivity index (χ4v) is 3.03. The topological polar surface area (TPSA) is 90.9 Å². The van der Waals surface area contributed by atoms with Crippen molar-refractivity contribution in [1.29, 1.82) is 0 Å². The summed E-state index contributed by atoms with van der Waals surface area (Å²) in [6, 6.07) is 4.31. The first-order chi connectivity index (χ1) is 9.51. The van der Waals surface area contributed by atoms with E-state index in [0.29, 0.717) is 4.47 Å². The maximum Gasteiger partial charge on any atom is 0.273 e. The van der Waals surface area contributed by atoms with Crippen LogP contribution in [0.5, 0.6) is 0 Å². The van der Waals surface area contributed by atoms with Gasteiger partial charge < -0.3 is 0 Å². The van der Waals surface area contributed by atoms with Gasteiger partial charge in [0.1, 0.15) is 5.82 Å². The van der Waals surface area contributed by atoms with Crippen LogP contribution in [-0.4, -0.2) is 23.2 Å². The summed E-state index contributed by atoms with van der Waals surface area (Å²) in [4.78, 5) is 0. The van der Waals surface area contributed by atoms with E-state index in [2.05, 4.69) is 26.1 Å². The van der Waals surface area contributed by atoms with Crippen molar-refractivity contribution in [2.24, 2.45) is 5.14 Å². The van der Waals surface area contributed by atoms with Crippen LogP contribution in [0.25, 0.3) is 11.4 Å². The predicted molar refractivity (Wildman–Crippen MR) is 79.5 cm³/mol. The van der Waals surface area contributed by atoms with Gasteiger partial charge in [-0.3, -0.25) is 4.57 Å². The number of sulfonamides is 1. The minimum absolute atomic E-state index is 0.102. The van der Waals surface area contributed by atoms with Crippen molar-refractivity contribution in [3.8, 4) is 11.4 Å². The van der Waals surface area contributed by atoms with E-state index >= 15 is 0 Å². The van der Waals surface area contributed by atoms with Gasteiger partial charge in [0.15, 0.2) is 5.82 Å². The first-order valence-electron chi connectivity index (χ1n) is 5.96. The third-order valence-electron chi connectivity index (χ3n) is 2.73. The number of rotatable bonds is 2. The number of halogens is 2. The molecule has 21 heavy (non-hydrogen) atoms. The molecule has 1 aromatic heterocycles. The second-order valence-corrected chi connectivity index (χ2v) is 7.85. The number of nitrogens with two attached hydrogens (primary N) is 1. The summed E-state index contributed by atoms with van der Waals surface area (Å²) in [6.45, 7) is 5.26. The lowest BCUT2D eigenvalue weighted by Crippen LogP contribution is -2.29. The molecular weight excluding hydrogens is 363 g/mol. The first-order valence-corrected chi connectivity index (χ1v) is 8.30. The minimum atomic E-state index is -4.07. The fraction of sp³-hybridized carbons (Fsp3) is 0.333. The molecule has 0 radical (unpaired) electrons. The van der Waals surface area contributed by atoms with Crippen molar-refractivity contribution < 1.29 is 12.8 Å². The van der Waals surface area contributed by atoms with E-state index in [1.54, 1.807) is 20.8 Å². The van der Waals surface area contributed by atoms with E-state index in [1.165, 1.54) is 22.8 Å². The van der Waals surface area contributed by atoms with Crippen LogP contribution in [0.2, 0.25) is 0 Å². The third-order valence-corrected chi connectivity index (χ3v) is 3.99. The number of aromatic nitrogens is 3. The van der Waals surface area contributed by atoms with Gasteiger partial charge in [-0.1, -0.05) is 15.9 Å². The summed E-state index contributed by atoms with van der Waals surface area (Å²) in [7, 11) is -4.07. The molecule has 0 saturated heterocycles. The summed E-state index contributed by atoms with van der Waals surface area (Å²) in [5.41, 5.74) is -0.559. The van der Waals surface area contributed by atoms with Gasteiger partial charge in [-0.25, -0.2) is 17.9 Å². The Morgan fingerprint density at radius 1 is 1.29 bits per heavy atom. The van der Waals surface area contributed by atoms with E-state index in [9.17, 15) is 12.8 Å². The van der Waals surface area contributed by atoms with Gasteiger partial charge in [-0.2, -0.15) is 0 Å². The highest BCUT2D eigenvalue weighted by atomic mass is 79.9. The molecule has 0 atom stereocenters. The average molecular weight is 377 g/mol. The number of hydrogen-bond acceptors (Lipinski definition) is 4. The fourth-order valence-electron chi connectivity index (χ4n) is 1.90. The summed E-state index contributed by atoms with van der Waals surface area (Å²) < 4.78 is 39.3. The van der Waals surface area contributed by atoms with E-state index < -0.39 is 26.5 Å². The minimum Gasteiger partial charge on any atom is -0.291 e. The van der Waals surface area contributed by atoms with Crippen molar-refractivity contribution in [3.05, 3.63) is 28.5 Å². The van der Waals surface area contributed by atoms with Gasteiger partial charge in [0.2, 0.25) is 0 Å². The van der Waals surface area contributed by atoms with Gasteiger partial charge in [-0.05, 0) is 39.0 Å². The van der Waals surface area contributed by atoms with E-state index in [4.69, 9.17) is 5.14 Å². The Morgan fingerprint density at radius 2 is 1.90 bits per heavy atom. The Hall–Kier alpha value is -1.32. The van der Waals surface area contributed by atoms with Crippen LogP contribution in [-0.2, 0) is 15.6 Å². The zero-order chi connectivity index (χ0) is 16.0. The highest BCUT2D eigenvalue weighted by molar-refractivity contribution is 9.10. The van der Waals surface area contributed by atoms with E-state index in [0.717, 1.165) is 0 Å². The molecule has 0 unspecified atom stereocenters. The van der Waals surface area contributed by atoms with Gasteiger partial charge in [-0.15, -0.1) is 10.2 Å². The van der Waals surface area contributed by atoms with Gasteiger partial charge in [0.25, 0.3) is 15.2 Å². The quantitative estimate of drug-likeness (QED) is 0.869. The second kappa shape index (κ2) is 5.15. The summed E-state index contributed by atoms with van der Waals surface area (Å²) in [6.07, 6.45) is 0. The predicted octanol–water partition coefficient (Wildman–Crippen LogP) is 2.25. The highest BCUT2D eigenvalue weighted by Gasteiger charge is 2.30. The molecule has 1 aromatic carbocycles. The summed E-state index contributed by atoms with van der Waals surface area (Å²) in [5.74, 6) is -0.428. The molecule has 114 valence electrons. The van der Waals surface area contributed by atoms with E-state index in [1.807, 2.05) is 0 Å². The third kappa shape index (κ3) is 3.14. The van der Waals surface area contributed by atoms with Gasteiger partial charge in [0, 0.05) is 10.0 Å². The van der Waals surface area contributed by atoms with Gasteiger partial charge >= 0.3 is 0 Å². The molecule has 0 aliphatic carbocycles. The molecule has 2 N–H and O–H groups in total. The van der Waals surface area contributed by atoms with E-state index in [-0.39, 0.29) is 11.4 Å². The molecule has 2 aromatic rings. The van der Waals surface area contributed by atoms with Crippen molar-refractivity contribution in [3.63, 3.8) is 0 Å². The van der Waals surface area contributed by atoms with Crippen LogP contribution in [0.1, 0.15) is 20.8 Å². The molecule has 2 rings (SSSR count). The molecule has 0 saturated carbocycles. The van der Waals surface area contributed by atoms with Crippen molar-refractivity contribution in [2.75, 3.05) is 0 Å². The standard InChI is InChI=1S/C12H14BrFN4O2S/c1-12(2,3)18-10(16-17-11(18)21(15,19)20)8-6-7(13)4-5-9(8)14/h4-6H,1-3H3,(H2,15,19,20). The zero-order valence-corrected chi connectivity index (χ0v) is 14.0. The maximum atomic E-state index is 14.0. The molecule has 0 amide bonds. The SMILES string of the molecule is CC(C)(C)n1c(-c2cc(Br)ccc2F)nnc1S(N)(=O)=O. The lowest BCUT2D eigenvalue weighted by Gasteiger charge is -2.24. The Labute approximate surface area is 130 Å². The molecule has 6 nitrogen and oxygen atoms in total. The number of hydrogen-bond donors (Lipinski definition) is 1. The number of benzene rings is 1. The molecule has 0 aliphatic rings. The number of primary sulfonamides is 1. The van der Waals surface area contributed by atoms with Crippen LogP contribution < -0.4 is 5.14 Å². The van der Waals surface area contributed by atoms with Gasteiger partial charge in [0.05, 0.1) is 5.56 Å². The molecule has 0 aliphatic heterocycles. The monoisotopic (exact) mass is 376 g/mol. The average Bonchev–Trinajstić information content (AvgIpc) is 2.76. The number of nitrogens with zero attached hydrogens (tertiary/aromatic N) is 3. The maximum absolute atomic E-state index is 14.0. The molecule has 1 heterocycles. The smallest absolute Gasteiger partial charge is 0.273 e. The lowest BCUT2D eigenvalue weighted by atomic mass is 10.1. The Morgan fingerprint density at radius 3 is 2.43 bits per heavy atom. The van der Waals surface area contributed by atoms with Crippen LogP contribution in [0.15, 0.2) is 27.8 Å². The summed E-state index contributed by atoms with van der Waals surface area (Å²) >= 11 is 3.25. The lowest BCUT2D eigenvalue weighted by molar-refractivity contribution is 0.365. The molecule has 0 bridgehead atoms. The highest BCUT2D eigenvalue weighted by Crippen LogP contribution is 2.30. The van der Waals surface area contributed by atoms with Crippen LogP contribution >= 0.6 is 15.9 Å². The Balaban J connectivity index is 2.83. The summed E-state index contributed by atoms with van der Waals surface area (Å²) in [5, 5.41) is 12.2. The van der Waals surface area contributed by atoms with Crippen LogP contribution in [0.3, 0.4) is 0 Å². The largest absolute Gasteiger partial charge is 0.291 e. The zero-order valence-electron chi connectivity index (χ0n) is 11.6. The normalized spacial score (nSPS) is 12.7. The molecule has 0 spiro atoms. The second-order valence-electron chi connectivity index (χ2n) is 5.48. The van der Waals surface area contributed by atoms with Crippen molar-refractivity contribution in [2.45, 2.75) is 31.5 Å². The van der Waals surface area contributed by atoms with Crippen LogP contribution in [0.4, 0.5) is 4.39 Å². The Kier molecular flexibility index (Phi) is 3.94.